The molecule has 0 aliphatic heterocycles. The van der Waals surface area contributed by atoms with Crippen LogP contribution < -0.4 is 10.1 Å². The fraction of sp³-hybridized carbons (Fsp3) is 0.133. The normalized spacial score (nSPS) is 12.5. The molecule has 1 amide bonds. The molecule has 122 valence electrons. The van der Waals surface area contributed by atoms with E-state index in [1.807, 2.05) is 0 Å². The highest BCUT2D eigenvalue weighted by atomic mass is 32.2. The summed E-state index contributed by atoms with van der Waals surface area (Å²) in [5, 5.41) is 2.55. The smallest absolute Gasteiger partial charge is 0.406 e. The zero-order valence-electron chi connectivity index (χ0n) is 11.9. The minimum Gasteiger partial charge on any atom is -0.406 e. The van der Waals surface area contributed by atoms with E-state index in [1.54, 1.807) is 12.1 Å². The Kier molecular flexibility index (Phi) is 5.05. The number of anilines is 1. The molecule has 2 rings (SSSR count). The second kappa shape index (κ2) is 6.82. The summed E-state index contributed by atoms with van der Waals surface area (Å²) < 4.78 is 51.2. The second-order valence-electron chi connectivity index (χ2n) is 4.50. The standard InChI is InChI=1S/C15H12F3NO3S/c1-23(21)13-8-2-10(3-9-13)14(20)19-11-4-6-12(7-5-11)22-15(16,17)18/h2-9H,1H3,(H,19,20)/t23-/m0/s1. The molecule has 0 bridgehead atoms. The van der Waals surface area contributed by atoms with Gasteiger partial charge in [0.05, 0.1) is 0 Å². The number of halogens is 3. The summed E-state index contributed by atoms with van der Waals surface area (Å²) in [5.41, 5.74) is 0.669. The molecule has 0 aromatic heterocycles. The monoisotopic (exact) mass is 343 g/mol. The molecule has 2 aromatic carbocycles. The third-order valence-electron chi connectivity index (χ3n) is 2.79. The van der Waals surface area contributed by atoms with Crippen molar-refractivity contribution in [2.24, 2.45) is 0 Å². The summed E-state index contributed by atoms with van der Waals surface area (Å²) in [6.45, 7) is 0. The summed E-state index contributed by atoms with van der Waals surface area (Å²) >= 11 is 0. The van der Waals surface area contributed by atoms with Crippen LogP contribution in [0.15, 0.2) is 53.4 Å². The minimum absolute atomic E-state index is 0.327. The maximum Gasteiger partial charge on any atom is 0.573 e. The molecule has 0 radical (unpaired) electrons. The molecule has 2 aromatic rings. The Morgan fingerprint density at radius 2 is 1.61 bits per heavy atom. The zero-order chi connectivity index (χ0) is 17.0. The van der Waals surface area contributed by atoms with Crippen LogP contribution in [0.25, 0.3) is 0 Å². The molecule has 1 atom stereocenters. The third-order valence-corrected chi connectivity index (χ3v) is 3.73. The van der Waals surface area contributed by atoms with Crippen LogP contribution in [0.3, 0.4) is 0 Å². The van der Waals surface area contributed by atoms with Crippen LogP contribution in [0, 0.1) is 0 Å². The van der Waals surface area contributed by atoms with Crippen molar-refractivity contribution in [2.45, 2.75) is 11.3 Å². The quantitative estimate of drug-likeness (QED) is 0.923. The number of carbonyl (C=O) groups is 1. The van der Waals surface area contributed by atoms with Crippen LogP contribution in [0.2, 0.25) is 0 Å². The van der Waals surface area contributed by atoms with Crippen molar-refractivity contribution in [1.82, 2.24) is 0 Å². The maximum atomic E-state index is 12.0. The summed E-state index contributed by atoms with van der Waals surface area (Å²) in [7, 11) is -1.14. The van der Waals surface area contributed by atoms with Gasteiger partial charge in [0, 0.05) is 33.2 Å². The second-order valence-corrected chi connectivity index (χ2v) is 5.88. The van der Waals surface area contributed by atoms with Crippen molar-refractivity contribution in [1.29, 1.82) is 0 Å². The van der Waals surface area contributed by atoms with Gasteiger partial charge in [-0.2, -0.15) is 0 Å². The Morgan fingerprint density at radius 1 is 1.04 bits per heavy atom. The van der Waals surface area contributed by atoms with Gasteiger partial charge in [0.25, 0.3) is 5.91 Å². The first-order valence-corrected chi connectivity index (χ1v) is 7.91. The molecule has 0 saturated heterocycles. The molecule has 0 fully saturated rings. The maximum absolute atomic E-state index is 12.0. The Labute approximate surface area is 132 Å². The minimum atomic E-state index is -4.76. The van der Waals surface area contributed by atoms with Gasteiger partial charge in [-0.25, -0.2) is 0 Å². The van der Waals surface area contributed by atoms with Crippen molar-refractivity contribution < 1.29 is 26.9 Å². The number of amides is 1. The van der Waals surface area contributed by atoms with Crippen LogP contribution in [-0.4, -0.2) is 22.7 Å². The predicted molar refractivity (Wildman–Crippen MR) is 79.9 cm³/mol. The van der Waals surface area contributed by atoms with E-state index >= 15 is 0 Å². The molecule has 0 unspecified atom stereocenters. The Balaban J connectivity index is 2.03. The van der Waals surface area contributed by atoms with Crippen molar-refractivity contribution in [2.75, 3.05) is 11.6 Å². The van der Waals surface area contributed by atoms with Gasteiger partial charge in [-0.3, -0.25) is 9.00 Å². The number of ether oxygens (including phenoxy) is 1. The first-order valence-electron chi connectivity index (χ1n) is 6.35. The molecule has 0 spiro atoms. The van der Waals surface area contributed by atoms with E-state index < -0.39 is 23.1 Å². The van der Waals surface area contributed by atoms with Crippen LogP contribution >= 0.6 is 0 Å². The topological polar surface area (TPSA) is 55.4 Å². The molecule has 0 saturated carbocycles. The Morgan fingerprint density at radius 3 is 2.09 bits per heavy atom. The van der Waals surface area contributed by atoms with Crippen molar-refractivity contribution in [3.05, 3.63) is 54.1 Å². The fourth-order valence-electron chi connectivity index (χ4n) is 1.74. The molecule has 8 heteroatoms. The first-order chi connectivity index (χ1) is 10.7. The lowest BCUT2D eigenvalue weighted by molar-refractivity contribution is -0.274. The summed E-state index contributed by atoms with van der Waals surface area (Å²) in [6, 6.07) is 11.0. The fourth-order valence-corrected chi connectivity index (χ4v) is 2.26. The SMILES string of the molecule is C[S@](=O)c1ccc(C(=O)Nc2ccc(OC(F)(F)F)cc2)cc1. The third kappa shape index (κ3) is 5.10. The largest absolute Gasteiger partial charge is 0.573 e. The van der Waals surface area contributed by atoms with Crippen molar-refractivity contribution in [3.8, 4) is 5.75 Å². The summed E-state index contributed by atoms with van der Waals surface area (Å²) in [4.78, 5) is 12.6. The van der Waals surface area contributed by atoms with Gasteiger partial charge >= 0.3 is 6.36 Å². The summed E-state index contributed by atoms with van der Waals surface area (Å²) in [6.07, 6.45) is -3.23. The number of benzene rings is 2. The van der Waals surface area contributed by atoms with Gasteiger partial charge in [0.1, 0.15) is 5.75 Å². The molecule has 0 aliphatic carbocycles. The van der Waals surface area contributed by atoms with E-state index in [0.29, 0.717) is 16.1 Å². The van der Waals surface area contributed by atoms with Crippen LogP contribution in [0.4, 0.5) is 18.9 Å². The molecule has 4 nitrogen and oxygen atoms in total. The lowest BCUT2D eigenvalue weighted by atomic mass is 10.2. The van der Waals surface area contributed by atoms with Gasteiger partial charge in [-0.15, -0.1) is 13.2 Å². The highest BCUT2D eigenvalue weighted by Gasteiger charge is 2.30. The molecule has 0 heterocycles. The van der Waals surface area contributed by atoms with E-state index in [-0.39, 0.29) is 5.75 Å². The highest BCUT2D eigenvalue weighted by molar-refractivity contribution is 7.84. The van der Waals surface area contributed by atoms with E-state index in [9.17, 15) is 22.2 Å². The Bertz CT molecular complexity index is 712. The zero-order valence-corrected chi connectivity index (χ0v) is 12.7. The number of alkyl halides is 3. The number of nitrogens with one attached hydrogen (secondary N) is 1. The first kappa shape index (κ1) is 17.0. The van der Waals surface area contributed by atoms with Crippen molar-refractivity contribution >= 4 is 22.4 Å². The molecular weight excluding hydrogens is 331 g/mol. The Hall–Kier alpha value is -2.35. The number of rotatable bonds is 4. The van der Waals surface area contributed by atoms with Gasteiger partial charge < -0.3 is 10.1 Å². The van der Waals surface area contributed by atoms with Gasteiger partial charge in [0.2, 0.25) is 0 Å². The van der Waals surface area contributed by atoms with Crippen molar-refractivity contribution in [3.63, 3.8) is 0 Å². The average molecular weight is 343 g/mol. The molecule has 0 aliphatic rings. The molecule has 1 N–H and O–H groups in total. The van der Waals surface area contributed by atoms with E-state index in [1.165, 1.54) is 30.5 Å². The molecular formula is C15H12F3NO3S. The predicted octanol–water partition coefficient (Wildman–Crippen LogP) is 3.57. The van der Waals surface area contributed by atoms with Crippen LogP contribution in [0.5, 0.6) is 5.75 Å². The molecule has 23 heavy (non-hydrogen) atoms. The van der Waals surface area contributed by atoms with Crippen LogP contribution in [-0.2, 0) is 10.8 Å². The van der Waals surface area contributed by atoms with Crippen LogP contribution in [0.1, 0.15) is 10.4 Å². The van der Waals surface area contributed by atoms with Gasteiger partial charge in [0.15, 0.2) is 0 Å². The number of hydrogen-bond acceptors (Lipinski definition) is 3. The highest BCUT2D eigenvalue weighted by Crippen LogP contribution is 2.24. The van der Waals surface area contributed by atoms with Gasteiger partial charge in [-0.05, 0) is 48.5 Å². The van der Waals surface area contributed by atoms with E-state index in [4.69, 9.17) is 0 Å². The lowest BCUT2D eigenvalue weighted by Crippen LogP contribution is -2.17. The van der Waals surface area contributed by atoms with E-state index in [2.05, 4.69) is 10.1 Å². The van der Waals surface area contributed by atoms with Gasteiger partial charge in [-0.1, -0.05) is 0 Å². The summed E-state index contributed by atoms with van der Waals surface area (Å²) in [5.74, 6) is -0.798. The number of carbonyl (C=O) groups excluding carboxylic acids is 1. The number of hydrogen-bond donors (Lipinski definition) is 1. The average Bonchev–Trinajstić information content (AvgIpc) is 2.48. The lowest BCUT2D eigenvalue weighted by Gasteiger charge is -2.10. The van der Waals surface area contributed by atoms with E-state index in [0.717, 1.165) is 12.1 Å².